The summed E-state index contributed by atoms with van der Waals surface area (Å²) in [5, 5.41) is 23.0. The van der Waals surface area contributed by atoms with Crippen molar-refractivity contribution >= 4 is 42.3 Å². The molecule has 2 aliphatic rings. The van der Waals surface area contributed by atoms with Crippen LogP contribution < -0.4 is 10.2 Å². The molecule has 0 radical (unpaired) electrons. The number of anilines is 1. The van der Waals surface area contributed by atoms with Gasteiger partial charge in [-0.05, 0) is 29.0 Å². The molecule has 0 saturated carbocycles. The number of nitrogens with one attached hydrogen (secondary N) is 2. The molecule has 3 N–H and O–H groups in total. The SMILES string of the molecule is CC(C)(C)c1cc(C(=O)CN2Cc3ccc(N4CCNCC4)nc3C2=N)cc(C(C)(C)C)c1O.Cl.Cl. The summed E-state index contributed by atoms with van der Waals surface area (Å²) in [4.78, 5) is 22.2. The number of ketones is 1. The van der Waals surface area contributed by atoms with Crippen molar-refractivity contribution in [1.82, 2.24) is 15.2 Å². The number of halogens is 2. The Morgan fingerprint density at radius 1 is 1.03 bits per heavy atom. The van der Waals surface area contributed by atoms with Crippen LogP contribution in [0, 0.1) is 5.41 Å². The number of phenols is 1. The van der Waals surface area contributed by atoms with Crippen molar-refractivity contribution in [2.75, 3.05) is 37.6 Å². The van der Waals surface area contributed by atoms with Crippen LogP contribution in [0.4, 0.5) is 5.82 Å². The minimum Gasteiger partial charge on any atom is -0.507 e. The minimum atomic E-state index is -0.304. The summed E-state index contributed by atoms with van der Waals surface area (Å²) in [5.41, 5.74) is 3.15. The maximum absolute atomic E-state index is 13.4. The van der Waals surface area contributed by atoms with E-state index in [0.717, 1.165) is 48.7 Å². The van der Waals surface area contributed by atoms with Crippen LogP contribution in [0.1, 0.15) is 74.3 Å². The van der Waals surface area contributed by atoms with E-state index < -0.39 is 0 Å². The molecule has 1 saturated heterocycles. The molecular formula is C27H39Cl2N5O2. The van der Waals surface area contributed by atoms with Crippen LogP contribution >= 0.6 is 24.8 Å². The molecule has 1 aromatic carbocycles. The second-order valence-electron chi connectivity index (χ2n) is 11.5. The van der Waals surface area contributed by atoms with Gasteiger partial charge in [0.05, 0.1) is 6.54 Å². The summed E-state index contributed by atoms with van der Waals surface area (Å²) in [6.07, 6.45) is 0. The Kier molecular flexibility index (Phi) is 9.09. The first kappa shape index (κ1) is 29.9. The van der Waals surface area contributed by atoms with Gasteiger partial charge in [-0.2, -0.15) is 0 Å². The zero-order valence-corrected chi connectivity index (χ0v) is 23.7. The largest absolute Gasteiger partial charge is 0.507 e. The maximum Gasteiger partial charge on any atom is 0.182 e. The Labute approximate surface area is 227 Å². The number of amidine groups is 1. The van der Waals surface area contributed by atoms with Crippen LogP contribution in [-0.2, 0) is 17.4 Å². The van der Waals surface area contributed by atoms with Crippen molar-refractivity contribution in [3.05, 3.63) is 52.2 Å². The average Bonchev–Trinajstić information content (AvgIpc) is 3.07. The summed E-state index contributed by atoms with van der Waals surface area (Å²) >= 11 is 0. The zero-order valence-electron chi connectivity index (χ0n) is 22.1. The first-order valence-electron chi connectivity index (χ1n) is 12.1. The van der Waals surface area contributed by atoms with Crippen LogP contribution in [-0.4, -0.2) is 59.3 Å². The number of rotatable bonds is 4. The van der Waals surface area contributed by atoms with Crippen LogP contribution in [0.15, 0.2) is 24.3 Å². The lowest BCUT2D eigenvalue weighted by Gasteiger charge is -2.28. The lowest BCUT2D eigenvalue weighted by molar-refractivity contribution is 0.0962. The van der Waals surface area contributed by atoms with E-state index in [2.05, 4.69) is 10.2 Å². The Hall–Kier alpha value is -2.35. The van der Waals surface area contributed by atoms with Crippen molar-refractivity contribution in [3.63, 3.8) is 0 Å². The number of Topliss-reactive ketones (excluding diaryl/α,β-unsaturated/α-hetero) is 1. The molecular weight excluding hydrogens is 497 g/mol. The zero-order chi connectivity index (χ0) is 24.8. The summed E-state index contributed by atoms with van der Waals surface area (Å²) in [7, 11) is 0. The van der Waals surface area contributed by atoms with E-state index in [-0.39, 0.29) is 53.7 Å². The highest BCUT2D eigenvalue weighted by Crippen LogP contribution is 2.40. The molecule has 1 fully saturated rings. The summed E-state index contributed by atoms with van der Waals surface area (Å²) in [6, 6.07) is 7.70. The number of pyridine rings is 1. The average molecular weight is 537 g/mol. The first-order chi connectivity index (χ1) is 15.9. The van der Waals surface area contributed by atoms with Crippen molar-refractivity contribution < 1.29 is 9.90 Å². The van der Waals surface area contributed by atoms with Crippen molar-refractivity contribution in [3.8, 4) is 5.75 Å². The number of carbonyl (C=O) groups is 1. The molecule has 1 aromatic heterocycles. The van der Waals surface area contributed by atoms with E-state index in [9.17, 15) is 9.90 Å². The van der Waals surface area contributed by atoms with E-state index in [0.29, 0.717) is 23.6 Å². The van der Waals surface area contributed by atoms with Crippen LogP contribution in [0.3, 0.4) is 0 Å². The third kappa shape index (κ3) is 5.96. The summed E-state index contributed by atoms with van der Waals surface area (Å²) in [6.45, 7) is 16.5. The normalized spacial score (nSPS) is 15.8. The van der Waals surface area contributed by atoms with Crippen molar-refractivity contribution in [2.45, 2.75) is 58.9 Å². The van der Waals surface area contributed by atoms with Gasteiger partial charge >= 0.3 is 0 Å². The molecule has 0 bridgehead atoms. The molecule has 0 unspecified atom stereocenters. The van der Waals surface area contributed by atoms with Crippen molar-refractivity contribution in [1.29, 1.82) is 5.41 Å². The number of carbonyl (C=O) groups excluding carboxylic acids is 1. The molecule has 4 rings (SSSR count). The predicted molar refractivity (Wildman–Crippen MR) is 151 cm³/mol. The first-order valence-corrected chi connectivity index (χ1v) is 12.1. The number of aromatic nitrogens is 1. The number of benzene rings is 1. The van der Waals surface area contributed by atoms with Crippen LogP contribution in [0.25, 0.3) is 0 Å². The summed E-state index contributed by atoms with van der Waals surface area (Å²) in [5.74, 6) is 1.39. The molecule has 3 heterocycles. The molecule has 0 atom stereocenters. The van der Waals surface area contributed by atoms with E-state index in [1.54, 1.807) is 4.90 Å². The summed E-state index contributed by atoms with van der Waals surface area (Å²) < 4.78 is 0. The Morgan fingerprint density at radius 2 is 1.58 bits per heavy atom. The van der Waals surface area contributed by atoms with Gasteiger partial charge in [-0.25, -0.2) is 4.98 Å². The molecule has 0 spiro atoms. The van der Waals surface area contributed by atoms with Gasteiger partial charge in [-0.1, -0.05) is 47.6 Å². The highest BCUT2D eigenvalue weighted by Gasteiger charge is 2.31. The lowest BCUT2D eigenvalue weighted by atomic mass is 9.78. The van der Waals surface area contributed by atoms with Gasteiger partial charge in [0, 0.05) is 55.0 Å². The van der Waals surface area contributed by atoms with Gasteiger partial charge in [0.15, 0.2) is 5.78 Å². The monoisotopic (exact) mass is 535 g/mol. The lowest BCUT2D eigenvalue weighted by Crippen LogP contribution is -2.44. The number of aromatic hydroxyl groups is 1. The molecule has 7 nitrogen and oxygen atoms in total. The fourth-order valence-corrected chi connectivity index (χ4v) is 4.65. The number of nitrogens with zero attached hydrogens (tertiary/aromatic N) is 3. The van der Waals surface area contributed by atoms with Gasteiger partial charge in [0.25, 0.3) is 0 Å². The fraction of sp³-hybridized carbons (Fsp3) is 0.519. The minimum absolute atomic E-state index is 0. The number of phenolic OH excluding ortho intramolecular Hbond substituents is 1. The van der Waals surface area contributed by atoms with Gasteiger partial charge in [0.1, 0.15) is 23.1 Å². The topological polar surface area (TPSA) is 92.6 Å². The number of hydrogen-bond acceptors (Lipinski definition) is 6. The Morgan fingerprint density at radius 3 is 2.11 bits per heavy atom. The number of hydrogen-bond donors (Lipinski definition) is 3. The second kappa shape index (κ2) is 11.0. The Balaban J connectivity index is 0.00000228. The van der Waals surface area contributed by atoms with E-state index in [1.165, 1.54) is 0 Å². The second-order valence-corrected chi connectivity index (χ2v) is 11.5. The maximum atomic E-state index is 13.4. The quantitative estimate of drug-likeness (QED) is 0.493. The van der Waals surface area contributed by atoms with Gasteiger partial charge in [-0.15, -0.1) is 24.8 Å². The number of piperazine rings is 1. The van der Waals surface area contributed by atoms with E-state index in [4.69, 9.17) is 10.4 Å². The van der Waals surface area contributed by atoms with Gasteiger partial charge in [0.2, 0.25) is 0 Å². The Bertz CT molecular complexity index is 1100. The molecule has 198 valence electrons. The van der Waals surface area contributed by atoms with Crippen LogP contribution in [0.2, 0.25) is 0 Å². The van der Waals surface area contributed by atoms with Crippen molar-refractivity contribution in [2.24, 2.45) is 0 Å². The molecule has 0 aliphatic carbocycles. The van der Waals surface area contributed by atoms with E-state index >= 15 is 0 Å². The highest BCUT2D eigenvalue weighted by molar-refractivity contribution is 6.04. The fourth-order valence-electron chi connectivity index (χ4n) is 4.65. The highest BCUT2D eigenvalue weighted by atomic mass is 35.5. The molecule has 2 aliphatic heterocycles. The number of fused-ring (bicyclic) bond motifs is 1. The predicted octanol–water partition coefficient (Wildman–Crippen LogP) is 4.66. The van der Waals surface area contributed by atoms with Gasteiger partial charge in [-0.3, -0.25) is 10.2 Å². The third-order valence-corrected chi connectivity index (χ3v) is 6.69. The molecule has 9 heteroatoms. The smallest absolute Gasteiger partial charge is 0.182 e. The molecule has 0 amide bonds. The van der Waals surface area contributed by atoms with Crippen LogP contribution in [0.5, 0.6) is 5.75 Å². The van der Waals surface area contributed by atoms with Gasteiger partial charge < -0.3 is 20.2 Å². The molecule has 2 aromatic rings. The third-order valence-electron chi connectivity index (χ3n) is 6.69. The van der Waals surface area contributed by atoms with E-state index in [1.807, 2.05) is 65.8 Å². The standard InChI is InChI=1S/C27H37N5O2.2ClH/c1-26(2,3)19-13-18(14-20(24(19)34)27(4,5)6)21(33)16-32-15-17-7-8-22(30-23(17)25(32)28)31-11-9-29-10-12-31;;/h7-8,13-14,28-29,34H,9-12,15-16H2,1-6H3;2*1H. The molecule has 36 heavy (non-hydrogen) atoms.